The molecule has 2 heterocycles. The number of nitrogens with one attached hydrogen (secondary N) is 1. The Balaban J connectivity index is 1.88. The summed E-state index contributed by atoms with van der Waals surface area (Å²) in [7, 11) is 0. The number of carboxylic acid groups (broad SMARTS) is 1. The SMILES string of the molecule is O=C(O)/C=C/c1cnc2c(c1)CC1(CC(F)(F)C1)C(=O)N2. The molecule has 0 saturated heterocycles. The lowest BCUT2D eigenvalue weighted by Gasteiger charge is -2.48. The van der Waals surface area contributed by atoms with Crippen LogP contribution in [-0.2, 0) is 16.0 Å². The summed E-state index contributed by atoms with van der Waals surface area (Å²) in [6, 6.07) is 1.67. The first-order chi connectivity index (χ1) is 9.80. The monoisotopic (exact) mass is 294 g/mol. The van der Waals surface area contributed by atoms with Crippen molar-refractivity contribution in [3.63, 3.8) is 0 Å². The number of alkyl halides is 2. The zero-order valence-electron chi connectivity index (χ0n) is 10.9. The van der Waals surface area contributed by atoms with Gasteiger partial charge in [0, 0.05) is 25.1 Å². The maximum atomic E-state index is 13.1. The fraction of sp³-hybridized carbons (Fsp3) is 0.357. The van der Waals surface area contributed by atoms with Crippen molar-refractivity contribution in [3.05, 3.63) is 29.5 Å². The maximum absolute atomic E-state index is 13.1. The summed E-state index contributed by atoms with van der Waals surface area (Å²) >= 11 is 0. The Bertz CT molecular complexity index is 662. The molecule has 0 radical (unpaired) electrons. The van der Waals surface area contributed by atoms with Crippen LogP contribution in [0, 0.1) is 5.41 Å². The van der Waals surface area contributed by atoms with Gasteiger partial charge >= 0.3 is 5.97 Å². The summed E-state index contributed by atoms with van der Waals surface area (Å²) < 4.78 is 26.3. The number of pyridine rings is 1. The number of aliphatic carboxylic acids is 1. The van der Waals surface area contributed by atoms with E-state index in [-0.39, 0.29) is 6.42 Å². The fourth-order valence-corrected chi connectivity index (χ4v) is 2.94. The number of carbonyl (C=O) groups is 2. The van der Waals surface area contributed by atoms with Gasteiger partial charge in [0.1, 0.15) is 5.82 Å². The van der Waals surface area contributed by atoms with Crippen LogP contribution in [0.4, 0.5) is 14.6 Å². The van der Waals surface area contributed by atoms with E-state index in [1.54, 1.807) is 6.07 Å². The number of anilines is 1. The second-order valence-corrected chi connectivity index (χ2v) is 5.57. The third kappa shape index (κ3) is 2.39. The van der Waals surface area contributed by atoms with Crippen LogP contribution in [0.5, 0.6) is 0 Å². The molecular weight excluding hydrogens is 282 g/mol. The van der Waals surface area contributed by atoms with Gasteiger partial charge in [0.05, 0.1) is 5.41 Å². The van der Waals surface area contributed by atoms with Gasteiger partial charge in [-0.05, 0) is 29.7 Å². The number of aromatic nitrogens is 1. The molecule has 0 aromatic carbocycles. The standard InChI is InChI=1S/C14H12F2N2O3/c15-14(16)6-13(7-14)4-9-3-8(1-2-10(19)20)5-17-11(9)18-12(13)21/h1-3,5H,4,6-7H2,(H,19,20)(H,17,18,21)/b2-1+. The van der Waals surface area contributed by atoms with Crippen LogP contribution in [-0.4, -0.2) is 27.9 Å². The Kier molecular flexibility index (Phi) is 2.82. The molecule has 2 N–H and O–H groups in total. The first kappa shape index (κ1) is 13.7. The number of rotatable bonds is 2. The van der Waals surface area contributed by atoms with Crippen LogP contribution in [0.1, 0.15) is 24.0 Å². The highest BCUT2D eigenvalue weighted by Crippen LogP contribution is 2.56. The minimum absolute atomic E-state index is 0.200. The van der Waals surface area contributed by atoms with Crippen LogP contribution < -0.4 is 5.32 Å². The summed E-state index contributed by atoms with van der Waals surface area (Å²) in [5, 5.41) is 11.1. The molecular formula is C14H12F2N2O3. The summed E-state index contributed by atoms with van der Waals surface area (Å²) in [4.78, 5) is 26.5. The first-order valence-corrected chi connectivity index (χ1v) is 6.39. The van der Waals surface area contributed by atoms with Crippen LogP contribution in [0.2, 0.25) is 0 Å². The van der Waals surface area contributed by atoms with Gasteiger partial charge < -0.3 is 10.4 Å². The van der Waals surface area contributed by atoms with Crippen LogP contribution in [0.25, 0.3) is 6.08 Å². The minimum Gasteiger partial charge on any atom is -0.478 e. The Morgan fingerprint density at radius 3 is 2.76 bits per heavy atom. The topological polar surface area (TPSA) is 79.3 Å². The lowest BCUT2D eigenvalue weighted by atomic mass is 9.61. The number of amides is 1. The number of hydrogen-bond acceptors (Lipinski definition) is 3. The number of carboxylic acids is 1. The van der Waals surface area contributed by atoms with E-state index in [9.17, 15) is 18.4 Å². The van der Waals surface area contributed by atoms with Crippen molar-refractivity contribution in [2.24, 2.45) is 5.41 Å². The van der Waals surface area contributed by atoms with E-state index in [2.05, 4.69) is 10.3 Å². The average molecular weight is 294 g/mol. The molecule has 1 aromatic heterocycles. The zero-order valence-corrected chi connectivity index (χ0v) is 10.9. The van der Waals surface area contributed by atoms with E-state index in [1.165, 1.54) is 12.3 Å². The van der Waals surface area contributed by atoms with Crippen LogP contribution >= 0.6 is 0 Å². The molecule has 110 valence electrons. The van der Waals surface area contributed by atoms with Crippen LogP contribution in [0.15, 0.2) is 18.3 Å². The largest absolute Gasteiger partial charge is 0.478 e. The fourth-order valence-electron chi connectivity index (χ4n) is 2.94. The van der Waals surface area contributed by atoms with Crippen molar-refractivity contribution >= 4 is 23.8 Å². The molecule has 1 fully saturated rings. The third-order valence-corrected chi connectivity index (χ3v) is 3.84. The predicted octanol–water partition coefficient (Wildman–Crippen LogP) is 2.09. The highest BCUT2D eigenvalue weighted by atomic mass is 19.3. The minimum atomic E-state index is -2.79. The lowest BCUT2D eigenvalue weighted by molar-refractivity contribution is -0.175. The summed E-state index contributed by atoms with van der Waals surface area (Å²) in [5.74, 6) is -3.94. The molecule has 7 heteroatoms. The molecule has 1 saturated carbocycles. The van der Waals surface area contributed by atoms with E-state index in [4.69, 9.17) is 5.11 Å². The first-order valence-electron chi connectivity index (χ1n) is 6.39. The van der Waals surface area contributed by atoms with Gasteiger partial charge in [-0.2, -0.15) is 0 Å². The van der Waals surface area contributed by atoms with E-state index in [0.717, 1.165) is 6.08 Å². The molecule has 1 spiro atoms. The zero-order chi connectivity index (χ0) is 15.3. The maximum Gasteiger partial charge on any atom is 0.328 e. The van der Waals surface area contributed by atoms with E-state index < -0.39 is 36.1 Å². The van der Waals surface area contributed by atoms with Gasteiger partial charge in [-0.3, -0.25) is 4.79 Å². The number of fused-ring (bicyclic) bond motifs is 1. The lowest BCUT2D eigenvalue weighted by Crippen LogP contribution is -2.56. The molecule has 2 aliphatic rings. The quantitative estimate of drug-likeness (QED) is 0.819. The third-order valence-electron chi connectivity index (χ3n) is 3.84. The van der Waals surface area contributed by atoms with E-state index in [1.807, 2.05) is 0 Å². The molecule has 0 bridgehead atoms. The number of halogens is 2. The Labute approximate surface area is 118 Å². The molecule has 1 aliphatic carbocycles. The second kappa shape index (κ2) is 4.34. The van der Waals surface area contributed by atoms with Gasteiger partial charge in [-0.1, -0.05) is 0 Å². The normalized spacial score (nSPS) is 21.7. The molecule has 0 atom stereocenters. The number of hydrogen-bond donors (Lipinski definition) is 2. The van der Waals surface area contributed by atoms with Gasteiger partial charge in [0.2, 0.25) is 11.8 Å². The van der Waals surface area contributed by atoms with Crippen molar-refractivity contribution in [2.75, 3.05) is 5.32 Å². The van der Waals surface area contributed by atoms with Crippen molar-refractivity contribution < 1.29 is 23.5 Å². The highest BCUT2D eigenvalue weighted by Gasteiger charge is 2.61. The van der Waals surface area contributed by atoms with E-state index in [0.29, 0.717) is 16.9 Å². The summed E-state index contributed by atoms with van der Waals surface area (Å²) in [6.07, 6.45) is 3.05. The molecule has 5 nitrogen and oxygen atoms in total. The van der Waals surface area contributed by atoms with Crippen molar-refractivity contribution in [1.29, 1.82) is 0 Å². The van der Waals surface area contributed by atoms with Crippen molar-refractivity contribution in [2.45, 2.75) is 25.2 Å². The van der Waals surface area contributed by atoms with E-state index >= 15 is 0 Å². The molecule has 0 unspecified atom stereocenters. The Morgan fingerprint density at radius 1 is 1.43 bits per heavy atom. The Morgan fingerprint density at radius 2 is 2.14 bits per heavy atom. The molecule has 3 rings (SSSR count). The molecule has 1 aromatic rings. The average Bonchev–Trinajstić information content (AvgIpc) is 2.35. The van der Waals surface area contributed by atoms with Crippen molar-refractivity contribution in [1.82, 2.24) is 4.98 Å². The Hall–Kier alpha value is -2.31. The summed E-state index contributed by atoms with van der Waals surface area (Å²) in [6.45, 7) is 0. The van der Waals surface area contributed by atoms with Gasteiger partial charge in [-0.15, -0.1) is 0 Å². The summed E-state index contributed by atoms with van der Waals surface area (Å²) in [5.41, 5.74) is 0.138. The second-order valence-electron chi connectivity index (χ2n) is 5.57. The van der Waals surface area contributed by atoms with Gasteiger partial charge in [-0.25, -0.2) is 18.6 Å². The highest BCUT2D eigenvalue weighted by molar-refractivity contribution is 5.98. The number of nitrogens with zero attached hydrogens (tertiary/aromatic N) is 1. The molecule has 1 amide bonds. The molecule has 1 aliphatic heterocycles. The molecule has 21 heavy (non-hydrogen) atoms. The smallest absolute Gasteiger partial charge is 0.328 e. The number of carbonyl (C=O) groups excluding carboxylic acids is 1. The van der Waals surface area contributed by atoms with Gasteiger partial charge in [0.25, 0.3) is 0 Å². The predicted molar refractivity (Wildman–Crippen MR) is 69.9 cm³/mol. The van der Waals surface area contributed by atoms with Crippen LogP contribution in [0.3, 0.4) is 0 Å². The van der Waals surface area contributed by atoms with Gasteiger partial charge in [0.15, 0.2) is 0 Å². The van der Waals surface area contributed by atoms with Crippen molar-refractivity contribution in [3.8, 4) is 0 Å².